The molecule has 7 nitrogen and oxygen atoms in total. The van der Waals surface area contributed by atoms with Gasteiger partial charge in [-0.2, -0.15) is 0 Å². The number of hydrogen-bond acceptors (Lipinski definition) is 4. The Morgan fingerprint density at radius 3 is 2.62 bits per heavy atom. The molecule has 0 aliphatic heterocycles. The molecule has 0 aliphatic carbocycles. The third kappa shape index (κ3) is 3.73. The minimum Gasteiger partial charge on any atom is -0.337 e. The van der Waals surface area contributed by atoms with Crippen LogP contribution in [0.1, 0.15) is 15.9 Å². The van der Waals surface area contributed by atoms with Crippen LogP contribution in [0.15, 0.2) is 61.2 Å². The van der Waals surface area contributed by atoms with Gasteiger partial charge in [0.25, 0.3) is 11.6 Å². The van der Waals surface area contributed by atoms with Crippen LogP contribution in [0, 0.1) is 10.1 Å². The van der Waals surface area contributed by atoms with Crippen LogP contribution in [0.4, 0.5) is 5.69 Å². The van der Waals surface area contributed by atoms with Crippen molar-refractivity contribution < 1.29 is 9.72 Å². The van der Waals surface area contributed by atoms with Crippen LogP contribution in [0.25, 0.3) is 5.69 Å². The average molecular weight is 371 g/mol. The van der Waals surface area contributed by atoms with E-state index in [9.17, 15) is 14.9 Å². The number of benzene rings is 2. The Morgan fingerprint density at radius 2 is 2.00 bits per heavy atom. The molecule has 0 fully saturated rings. The Hall–Kier alpha value is -3.19. The summed E-state index contributed by atoms with van der Waals surface area (Å²) in [6.07, 6.45) is 4.61. The average Bonchev–Trinajstić information content (AvgIpc) is 3.17. The van der Waals surface area contributed by atoms with Crippen LogP contribution in [0.5, 0.6) is 0 Å². The summed E-state index contributed by atoms with van der Waals surface area (Å²) < 4.78 is 1.53. The molecule has 2 aromatic carbocycles. The first kappa shape index (κ1) is 17.6. The molecular formula is C18H15ClN4O3. The SMILES string of the molecule is CN(Cc1ccc(Cl)cc1)C(=O)c1ccc(-n2ccnc2)c([N+](=O)[O-])c1. The molecule has 3 aromatic rings. The summed E-state index contributed by atoms with van der Waals surface area (Å²) in [4.78, 5) is 28.9. The van der Waals surface area contributed by atoms with Gasteiger partial charge in [-0.3, -0.25) is 14.9 Å². The quantitative estimate of drug-likeness (QED) is 0.506. The molecule has 132 valence electrons. The summed E-state index contributed by atoms with van der Waals surface area (Å²) in [5, 5.41) is 12.0. The van der Waals surface area contributed by atoms with Gasteiger partial charge in [0.1, 0.15) is 5.69 Å². The molecule has 3 rings (SSSR count). The van der Waals surface area contributed by atoms with Crippen molar-refractivity contribution in [3.05, 3.63) is 87.4 Å². The monoisotopic (exact) mass is 370 g/mol. The normalized spacial score (nSPS) is 10.5. The Morgan fingerprint density at radius 1 is 1.27 bits per heavy atom. The lowest BCUT2D eigenvalue weighted by Crippen LogP contribution is -2.26. The van der Waals surface area contributed by atoms with Gasteiger partial charge in [-0.05, 0) is 29.8 Å². The number of nitro benzene ring substituents is 1. The van der Waals surface area contributed by atoms with Crippen molar-refractivity contribution >= 4 is 23.2 Å². The van der Waals surface area contributed by atoms with Crippen LogP contribution in [0.2, 0.25) is 5.02 Å². The molecule has 26 heavy (non-hydrogen) atoms. The number of hydrogen-bond donors (Lipinski definition) is 0. The molecule has 0 spiro atoms. The van der Waals surface area contributed by atoms with Gasteiger partial charge in [0.2, 0.25) is 0 Å². The van der Waals surface area contributed by atoms with Gasteiger partial charge >= 0.3 is 0 Å². The maximum absolute atomic E-state index is 12.6. The van der Waals surface area contributed by atoms with E-state index in [4.69, 9.17) is 11.6 Å². The Bertz CT molecular complexity index is 940. The van der Waals surface area contributed by atoms with Crippen LogP contribution in [0.3, 0.4) is 0 Å². The lowest BCUT2D eigenvalue weighted by molar-refractivity contribution is -0.384. The van der Waals surface area contributed by atoms with E-state index in [-0.39, 0.29) is 17.2 Å². The zero-order valence-corrected chi connectivity index (χ0v) is 14.6. The maximum atomic E-state index is 12.6. The summed E-state index contributed by atoms with van der Waals surface area (Å²) in [5.74, 6) is -0.305. The van der Waals surface area contributed by atoms with Crippen LogP contribution < -0.4 is 0 Å². The van der Waals surface area contributed by atoms with E-state index in [1.807, 2.05) is 12.1 Å². The first-order valence-corrected chi connectivity index (χ1v) is 8.10. The Labute approximate surface area is 154 Å². The highest BCUT2D eigenvalue weighted by Gasteiger charge is 2.20. The van der Waals surface area contributed by atoms with E-state index in [1.54, 1.807) is 37.5 Å². The van der Waals surface area contributed by atoms with Crippen molar-refractivity contribution in [2.45, 2.75) is 6.54 Å². The third-order valence-electron chi connectivity index (χ3n) is 3.88. The fourth-order valence-corrected chi connectivity index (χ4v) is 2.70. The van der Waals surface area contributed by atoms with Crippen molar-refractivity contribution in [3.8, 4) is 5.69 Å². The Kier molecular flexibility index (Phi) is 4.99. The van der Waals surface area contributed by atoms with Gasteiger partial charge in [-0.25, -0.2) is 4.98 Å². The van der Waals surface area contributed by atoms with Crippen LogP contribution >= 0.6 is 11.6 Å². The van der Waals surface area contributed by atoms with E-state index in [0.29, 0.717) is 17.3 Å². The van der Waals surface area contributed by atoms with Crippen molar-refractivity contribution in [1.82, 2.24) is 14.5 Å². The minimum atomic E-state index is -0.509. The van der Waals surface area contributed by atoms with E-state index in [2.05, 4.69) is 4.98 Å². The minimum absolute atomic E-state index is 0.159. The first-order valence-electron chi connectivity index (χ1n) is 7.72. The van der Waals surface area contributed by atoms with Gasteiger partial charge in [-0.1, -0.05) is 23.7 Å². The summed E-state index contributed by atoms with van der Waals surface area (Å²) in [6, 6.07) is 11.6. The van der Waals surface area contributed by atoms with E-state index >= 15 is 0 Å². The van der Waals surface area contributed by atoms with Crippen molar-refractivity contribution in [3.63, 3.8) is 0 Å². The molecule has 0 saturated carbocycles. The second-order valence-electron chi connectivity index (χ2n) is 5.72. The fraction of sp³-hybridized carbons (Fsp3) is 0.111. The summed E-state index contributed by atoms with van der Waals surface area (Å²) in [5.41, 5.74) is 1.35. The number of nitrogens with zero attached hydrogens (tertiary/aromatic N) is 4. The van der Waals surface area contributed by atoms with Gasteiger partial charge in [0, 0.05) is 42.6 Å². The van der Waals surface area contributed by atoms with E-state index in [0.717, 1.165) is 5.56 Å². The fourth-order valence-electron chi connectivity index (χ4n) is 2.58. The van der Waals surface area contributed by atoms with Crippen molar-refractivity contribution in [2.75, 3.05) is 7.05 Å². The summed E-state index contributed by atoms with van der Waals surface area (Å²) in [6.45, 7) is 0.368. The topological polar surface area (TPSA) is 81.3 Å². The number of carbonyl (C=O) groups is 1. The predicted molar refractivity (Wildman–Crippen MR) is 97.5 cm³/mol. The molecule has 8 heteroatoms. The second-order valence-corrected chi connectivity index (χ2v) is 6.15. The highest BCUT2D eigenvalue weighted by molar-refractivity contribution is 6.30. The molecule has 0 radical (unpaired) electrons. The standard InChI is InChI=1S/C18H15ClN4O3/c1-21(11-13-2-5-15(19)6-3-13)18(24)14-4-7-16(17(10-14)23(25)26)22-9-8-20-12-22/h2-10,12H,11H2,1H3. The molecule has 1 heterocycles. The molecule has 0 N–H and O–H groups in total. The maximum Gasteiger partial charge on any atom is 0.294 e. The number of nitro groups is 1. The molecule has 0 bridgehead atoms. The lowest BCUT2D eigenvalue weighted by atomic mass is 10.1. The largest absolute Gasteiger partial charge is 0.337 e. The lowest BCUT2D eigenvalue weighted by Gasteiger charge is -2.17. The van der Waals surface area contributed by atoms with E-state index < -0.39 is 4.92 Å². The first-order chi connectivity index (χ1) is 12.5. The summed E-state index contributed by atoms with van der Waals surface area (Å²) >= 11 is 5.86. The number of imidazole rings is 1. The highest BCUT2D eigenvalue weighted by atomic mass is 35.5. The van der Waals surface area contributed by atoms with Crippen molar-refractivity contribution in [1.29, 1.82) is 0 Å². The molecule has 0 unspecified atom stereocenters. The van der Waals surface area contributed by atoms with Gasteiger partial charge in [0.15, 0.2) is 0 Å². The van der Waals surface area contributed by atoms with Gasteiger partial charge in [0.05, 0.1) is 11.3 Å². The molecular weight excluding hydrogens is 356 g/mol. The molecule has 0 aliphatic rings. The predicted octanol–water partition coefficient (Wildman–Crippen LogP) is 3.71. The van der Waals surface area contributed by atoms with Gasteiger partial charge in [-0.15, -0.1) is 0 Å². The number of halogens is 1. The van der Waals surface area contributed by atoms with E-state index in [1.165, 1.54) is 28.1 Å². The smallest absolute Gasteiger partial charge is 0.294 e. The molecule has 1 aromatic heterocycles. The Balaban J connectivity index is 1.86. The van der Waals surface area contributed by atoms with Gasteiger partial charge < -0.3 is 9.47 Å². The zero-order valence-electron chi connectivity index (χ0n) is 13.9. The number of rotatable bonds is 5. The van der Waals surface area contributed by atoms with Crippen LogP contribution in [-0.4, -0.2) is 32.3 Å². The highest BCUT2D eigenvalue weighted by Crippen LogP contribution is 2.25. The third-order valence-corrected chi connectivity index (χ3v) is 4.13. The molecule has 1 amide bonds. The number of amides is 1. The molecule has 0 saturated heterocycles. The number of carbonyl (C=O) groups excluding carboxylic acids is 1. The zero-order chi connectivity index (χ0) is 18.7. The van der Waals surface area contributed by atoms with Crippen LogP contribution in [-0.2, 0) is 6.54 Å². The van der Waals surface area contributed by atoms with Crippen molar-refractivity contribution in [2.24, 2.45) is 0 Å². The number of aromatic nitrogens is 2. The molecule has 0 atom stereocenters. The summed E-state index contributed by atoms with van der Waals surface area (Å²) in [7, 11) is 1.65. The second kappa shape index (κ2) is 7.37.